The van der Waals surface area contributed by atoms with Gasteiger partial charge in [0.05, 0.1) is 18.8 Å². The lowest BCUT2D eigenvalue weighted by atomic mass is 9.84. The van der Waals surface area contributed by atoms with Crippen LogP contribution < -0.4 is 0 Å². The lowest BCUT2D eigenvalue weighted by Gasteiger charge is -2.37. The minimum atomic E-state index is -1.89. The fourth-order valence-electron chi connectivity index (χ4n) is 8.59. The Hall–Kier alpha value is -1.03. The van der Waals surface area contributed by atoms with Crippen LogP contribution in [0, 0.1) is 29.6 Å². The van der Waals surface area contributed by atoms with Gasteiger partial charge >= 0.3 is 5.97 Å². The molecule has 8 unspecified atom stereocenters. The number of carbonyl (C=O) groups is 1. The predicted octanol–water partition coefficient (Wildman–Crippen LogP) is 9.90. The van der Waals surface area contributed by atoms with Crippen LogP contribution in [-0.2, 0) is 32.9 Å². The van der Waals surface area contributed by atoms with Gasteiger partial charge in [0.1, 0.15) is 0 Å². The summed E-state index contributed by atoms with van der Waals surface area (Å²) in [5.74, 6) is 2.10. The van der Waals surface area contributed by atoms with Crippen LogP contribution in [-0.4, -0.2) is 65.5 Å². The Morgan fingerprint density at radius 3 is 2.31 bits per heavy atom. The summed E-state index contributed by atoms with van der Waals surface area (Å²) in [6, 6.07) is 0. The second-order valence-corrected chi connectivity index (χ2v) is 22.2. The first-order chi connectivity index (χ1) is 23.5. The largest absolute Gasteiger partial charge is 0.466 e. The van der Waals surface area contributed by atoms with E-state index in [0.29, 0.717) is 36.2 Å². The molecular formula is C41H70O7Si. The van der Waals surface area contributed by atoms with Gasteiger partial charge in [0.25, 0.3) is 0 Å². The molecule has 2 saturated heterocycles. The molecule has 0 aromatic carbocycles. The molecule has 5 aliphatic rings. The number of unbranched alkanes of at least 4 members (excludes halogenated alkanes) is 1. The van der Waals surface area contributed by atoms with Crippen molar-refractivity contribution in [2.24, 2.45) is 29.6 Å². The number of hydrogen-bond acceptors (Lipinski definition) is 7. The fourth-order valence-corrected chi connectivity index (χ4v) is 9.64. The Bertz CT molecular complexity index is 1060. The molecule has 3 aliphatic carbocycles. The van der Waals surface area contributed by atoms with Crippen molar-refractivity contribution in [3.8, 4) is 0 Å². The van der Waals surface area contributed by atoms with Crippen molar-refractivity contribution in [1.29, 1.82) is 0 Å². The highest BCUT2D eigenvalue weighted by Gasteiger charge is 2.47. The van der Waals surface area contributed by atoms with Crippen molar-refractivity contribution in [2.75, 3.05) is 26.4 Å². The van der Waals surface area contributed by atoms with Crippen LogP contribution in [0.2, 0.25) is 18.1 Å². The van der Waals surface area contributed by atoms with Crippen molar-refractivity contribution in [3.05, 3.63) is 23.8 Å². The Balaban J connectivity index is 1.35. The summed E-state index contributed by atoms with van der Waals surface area (Å²) in [6.45, 7) is 16.1. The van der Waals surface area contributed by atoms with Crippen molar-refractivity contribution < 1.29 is 32.9 Å². The van der Waals surface area contributed by atoms with Gasteiger partial charge in [-0.2, -0.15) is 0 Å². The summed E-state index contributed by atoms with van der Waals surface area (Å²) in [7, 11) is -1.89. The summed E-state index contributed by atoms with van der Waals surface area (Å²) in [6.07, 6.45) is 25.9. The molecule has 7 nitrogen and oxygen atoms in total. The topological polar surface area (TPSA) is 72.5 Å². The normalized spacial score (nSPS) is 31.4. The zero-order valence-electron chi connectivity index (χ0n) is 31.9. The standard InChI is InChI=1S/C41H70O7Si/c1-30(42)43-23-13-10-18-32(29-46-49(5,6)41(2,3)4)33-26-34-28-38(48-40-20-12-15-25-45-40)35(36(34)27-33)21-22-37(31-16-8-7-9-17-31)47-39-19-11-14-24-44-39/h21-22,27,31-32,34-40H,7-20,23-26,28-29H2,1-6H3. The van der Waals surface area contributed by atoms with Crippen LogP contribution in [0.5, 0.6) is 0 Å². The maximum atomic E-state index is 11.4. The van der Waals surface area contributed by atoms with Crippen molar-refractivity contribution >= 4 is 14.3 Å². The van der Waals surface area contributed by atoms with E-state index in [2.05, 4.69) is 52.1 Å². The smallest absolute Gasteiger partial charge is 0.302 e. The van der Waals surface area contributed by atoms with Crippen LogP contribution in [0.15, 0.2) is 23.8 Å². The number of allylic oxidation sites excluding steroid dienone is 1. The molecule has 0 amide bonds. The minimum absolute atomic E-state index is 0.0789. The van der Waals surface area contributed by atoms with E-state index in [4.69, 9.17) is 28.1 Å². The lowest BCUT2D eigenvalue weighted by Crippen LogP contribution is -2.42. The third kappa shape index (κ3) is 11.5. The van der Waals surface area contributed by atoms with Gasteiger partial charge in [0, 0.05) is 38.6 Å². The van der Waals surface area contributed by atoms with Gasteiger partial charge in [-0.15, -0.1) is 0 Å². The zero-order chi connectivity index (χ0) is 34.9. The molecule has 0 aromatic heterocycles. The molecule has 0 aromatic rings. The quantitative estimate of drug-likeness (QED) is 0.0686. The molecule has 0 radical (unpaired) electrons. The van der Waals surface area contributed by atoms with Crippen molar-refractivity contribution in [3.63, 3.8) is 0 Å². The first kappa shape index (κ1) is 39.2. The molecule has 2 aliphatic heterocycles. The van der Waals surface area contributed by atoms with Crippen LogP contribution >= 0.6 is 0 Å². The minimum Gasteiger partial charge on any atom is -0.466 e. The van der Waals surface area contributed by atoms with E-state index >= 15 is 0 Å². The third-order valence-corrected chi connectivity index (χ3v) is 17.1. The van der Waals surface area contributed by atoms with Gasteiger partial charge in [0.2, 0.25) is 0 Å². The number of fused-ring (bicyclic) bond motifs is 1. The molecule has 2 saturated carbocycles. The van der Waals surface area contributed by atoms with Crippen molar-refractivity contribution in [1.82, 2.24) is 0 Å². The highest BCUT2D eigenvalue weighted by Crippen LogP contribution is 2.51. The van der Waals surface area contributed by atoms with E-state index in [1.807, 2.05) is 0 Å². The van der Waals surface area contributed by atoms with E-state index < -0.39 is 8.32 Å². The molecule has 4 fully saturated rings. The zero-order valence-corrected chi connectivity index (χ0v) is 32.9. The molecule has 49 heavy (non-hydrogen) atoms. The van der Waals surface area contributed by atoms with E-state index in [1.165, 1.54) is 51.9 Å². The van der Waals surface area contributed by atoms with Gasteiger partial charge in [0.15, 0.2) is 20.9 Å². The highest BCUT2D eigenvalue weighted by atomic mass is 28.4. The number of ether oxygens (including phenoxy) is 5. The molecule has 8 atom stereocenters. The molecule has 0 N–H and O–H groups in total. The SMILES string of the molecule is CC(=O)OCCCCC(CO[Si](C)(C)C(C)(C)C)C1=CC2C(C1)CC(OC1CCCCO1)C2C=CC(OC1CCCCO1)C1CCCCC1. The summed E-state index contributed by atoms with van der Waals surface area (Å²) >= 11 is 0. The van der Waals surface area contributed by atoms with Crippen LogP contribution in [0.25, 0.3) is 0 Å². The molecule has 280 valence electrons. The van der Waals surface area contributed by atoms with E-state index in [9.17, 15) is 4.79 Å². The average molecular weight is 703 g/mol. The first-order valence-corrected chi connectivity index (χ1v) is 23.1. The number of carbonyl (C=O) groups excluding carboxylic acids is 1. The van der Waals surface area contributed by atoms with Gasteiger partial charge in [-0.3, -0.25) is 4.79 Å². The lowest BCUT2D eigenvalue weighted by molar-refractivity contribution is -0.193. The second kappa shape index (κ2) is 18.6. The number of esters is 1. The molecule has 0 bridgehead atoms. The molecule has 2 heterocycles. The van der Waals surface area contributed by atoms with Gasteiger partial charge in [-0.1, -0.05) is 63.8 Å². The first-order valence-electron chi connectivity index (χ1n) is 20.2. The molecule has 5 rings (SSSR count). The summed E-state index contributed by atoms with van der Waals surface area (Å²) in [5, 5.41) is 0.175. The highest BCUT2D eigenvalue weighted by molar-refractivity contribution is 6.74. The third-order valence-electron chi connectivity index (χ3n) is 12.6. The maximum absolute atomic E-state index is 11.4. The molecule has 8 heteroatoms. The van der Waals surface area contributed by atoms with Crippen LogP contribution in [0.3, 0.4) is 0 Å². The van der Waals surface area contributed by atoms with Gasteiger partial charge in [-0.05, 0) is 119 Å². The summed E-state index contributed by atoms with van der Waals surface area (Å²) in [5.41, 5.74) is 1.57. The van der Waals surface area contributed by atoms with Crippen LogP contribution in [0.4, 0.5) is 0 Å². The second-order valence-electron chi connectivity index (χ2n) is 17.4. The predicted molar refractivity (Wildman–Crippen MR) is 198 cm³/mol. The molecule has 0 spiro atoms. The van der Waals surface area contributed by atoms with E-state index in [-0.39, 0.29) is 35.8 Å². The Morgan fingerprint density at radius 2 is 1.65 bits per heavy atom. The summed E-state index contributed by atoms with van der Waals surface area (Å²) in [4.78, 5) is 11.4. The summed E-state index contributed by atoms with van der Waals surface area (Å²) < 4.78 is 38.0. The Morgan fingerprint density at radius 1 is 0.959 bits per heavy atom. The van der Waals surface area contributed by atoms with Gasteiger partial charge < -0.3 is 28.1 Å². The molecular weight excluding hydrogens is 633 g/mol. The van der Waals surface area contributed by atoms with E-state index in [1.54, 1.807) is 5.57 Å². The number of hydrogen-bond donors (Lipinski definition) is 0. The van der Waals surface area contributed by atoms with E-state index in [0.717, 1.165) is 77.6 Å². The van der Waals surface area contributed by atoms with Crippen LogP contribution in [0.1, 0.15) is 130 Å². The monoisotopic (exact) mass is 702 g/mol. The fraction of sp³-hybridized carbons (Fsp3) is 0.878. The number of rotatable bonds is 16. The maximum Gasteiger partial charge on any atom is 0.302 e. The van der Waals surface area contributed by atoms with Crippen molar-refractivity contribution in [2.45, 2.75) is 173 Å². The Labute approximate surface area is 299 Å². The van der Waals surface area contributed by atoms with Gasteiger partial charge in [-0.25, -0.2) is 0 Å². The average Bonchev–Trinajstić information content (AvgIpc) is 3.62. The Kier molecular flexibility index (Phi) is 14.9.